The first-order chi connectivity index (χ1) is 16.6. The number of benzene rings is 2. The maximum atomic E-state index is 13.9. The lowest BCUT2D eigenvalue weighted by Gasteiger charge is -2.24. The number of hydrogen-bond acceptors (Lipinski definition) is 3. The maximum Gasteiger partial charge on any atom is 0.137 e. The van der Waals surface area contributed by atoms with E-state index in [1.165, 1.54) is 48.3 Å². The van der Waals surface area contributed by atoms with Crippen LogP contribution in [-0.2, 0) is 13.0 Å². The number of nitriles is 1. The first-order valence-corrected chi connectivity index (χ1v) is 11.7. The molecule has 6 rings (SSSR count). The highest BCUT2D eigenvalue weighted by atomic mass is 19.1. The predicted octanol–water partition coefficient (Wildman–Crippen LogP) is 6.57. The van der Waals surface area contributed by atoms with Gasteiger partial charge in [-0.1, -0.05) is 30.7 Å². The van der Waals surface area contributed by atoms with E-state index in [9.17, 15) is 9.65 Å². The Labute approximate surface area is 198 Å². The summed E-state index contributed by atoms with van der Waals surface area (Å²) in [4.78, 5) is 4.97. The third-order valence-corrected chi connectivity index (χ3v) is 7.10. The van der Waals surface area contributed by atoms with E-state index in [1.807, 2.05) is 12.1 Å². The van der Waals surface area contributed by atoms with Crippen molar-refractivity contribution in [3.63, 3.8) is 0 Å². The lowest BCUT2D eigenvalue weighted by atomic mass is 9.81. The van der Waals surface area contributed by atoms with Crippen molar-refractivity contribution in [1.29, 1.82) is 5.26 Å². The monoisotopic (exact) mass is 449 g/mol. The second kappa shape index (κ2) is 8.14. The van der Waals surface area contributed by atoms with Crippen LogP contribution in [0, 0.1) is 17.1 Å². The molecule has 0 saturated heterocycles. The Morgan fingerprint density at radius 1 is 1.15 bits per heavy atom. The van der Waals surface area contributed by atoms with Crippen LogP contribution in [0.4, 0.5) is 4.39 Å². The molecule has 0 unspecified atom stereocenters. The molecule has 5 heteroatoms. The van der Waals surface area contributed by atoms with E-state index in [0.717, 1.165) is 34.3 Å². The number of hydrogen-bond donors (Lipinski definition) is 0. The number of pyridine rings is 1. The second-order valence-electron chi connectivity index (χ2n) is 9.21. The molecule has 2 aromatic heterocycles. The van der Waals surface area contributed by atoms with Crippen molar-refractivity contribution < 1.29 is 9.13 Å². The van der Waals surface area contributed by atoms with Gasteiger partial charge in [-0.15, -0.1) is 0 Å². The normalized spacial score (nSPS) is 16.6. The maximum absolute atomic E-state index is 13.9. The zero-order valence-corrected chi connectivity index (χ0v) is 19.0. The number of allylic oxidation sites excluding steroid dienone is 1. The van der Waals surface area contributed by atoms with Crippen LogP contribution in [-0.4, -0.2) is 9.38 Å². The minimum Gasteiger partial charge on any atom is -0.488 e. The largest absolute Gasteiger partial charge is 0.488 e. The molecule has 1 aliphatic heterocycles. The highest BCUT2D eigenvalue weighted by Crippen LogP contribution is 2.41. The molecule has 1 fully saturated rings. The molecule has 0 atom stereocenters. The van der Waals surface area contributed by atoms with Crippen LogP contribution >= 0.6 is 0 Å². The first-order valence-electron chi connectivity index (χ1n) is 11.7. The molecule has 4 nitrogen and oxygen atoms in total. The number of aromatic nitrogens is 2. The number of nitrogens with zero attached hydrogens (tertiary/aromatic N) is 3. The highest BCUT2D eigenvalue weighted by Gasteiger charge is 2.27. The average molecular weight is 450 g/mol. The fourth-order valence-electron chi connectivity index (χ4n) is 5.15. The molecule has 168 valence electrons. The predicted molar refractivity (Wildman–Crippen MR) is 129 cm³/mol. The topological polar surface area (TPSA) is 50.3 Å². The van der Waals surface area contributed by atoms with E-state index in [2.05, 4.69) is 40.9 Å². The van der Waals surface area contributed by atoms with Gasteiger partial charge in [0.05, 0.1) is 17.5 Å². The Morgan fingerprint density at radius 2 is 2.00 bits per heavy atom. The lowest BCUT2D eigenvalue weighted by Crippen LogP contribution is -2.12. The number of imidazole rings is 1. The van der Waals surface area contributed by atoms with Gasteiger partial charge in [-0.05, 0) is 60.7 Å². The summed E-state index contributed by atoms with van der Waals surface area (Å²) in [5.74, 6) is 0.656. The lowest BCUT2D eigenvalue weighted by molar-refractivity contribution is 0.305. The Kier molecular flexibility index (Phi) is 4.95. The van der Waals surface area contributed by atoms with Crippen LogP contribution in [0.5, 0.6) is 5.75 Å². The van der Waals surface area contributed by atoms with Gasteiger partial charge < -0.3 is 9.14 Å². The van der Waals surface area contributed by atoms with Gasteiger partial charge in [-0.3, -0.25) is 0 Å². The molecule has 2 aliphatic rings. The van der Waals surface area contributed by atoms with Gasteiger partial charge in [0.1, 0.15) is 23.8 Å². The number of rotatable bonds is 3. The SMILES string of the molecule is C/C(C#N)=C1/c2ccc(Cc3c(C4CCC4)nc4ccccn34)cc2COc2cc(F)ccc21. The van der Waals surface area contributed by atoms with Crippen molar-refractivity contribution in [3.05, 3.63) is 106 Å². The second-order valence-corrected chi connectivity index (χ2v) is 9.21. The Hall–Kier alpha value is -3.91. The summed E-state index contributed by atoms with van der Waals surface area (Å²) in [7, 11) is 0. The summed E-state index contributed by atoms with van der Waals surface area (Å²) in [6.45, 7) is 2.12. The minimum atomic E-state index is -0.351. The molecule has 0 N–H and O–H groups in total. The van der Waals surface area contributed by atoms with Crippen LogP contribution in [0.25, 0.3) is 11.2 Å². The molecular formula is C29H24FN3O. The number of ether oxygens (including phenoxy) is 1. The summed E-state index contributed by atoms with van der Waals surface area (Å²) < 4.78 is 22.2. The molecule has 0 spiro atoms. The quantitative estimate of drug-likeness (QED) is 0.332. The van der Waals surface area contributed by atoms with E-state index in [0.29, 0.717) is 23.8 Å². The summed E-state index contributed by atoms with van der Waals surface area (Å²) in [5.41, 5.74) is 8.72. The number of fused-ring (bicyclic) bond motifs is 3. The van der Waals surface area contributed by atoms with Gasteiger partial charge in [0.15, 0.2) is 0 Å². The van der Waals surface area contributed by atoms with Gasteiger partial charge in [0.2, 0.25) is 0 Å². The zero-order chi connectivity index (χ0) is 23.2. The van der Waals surface area contributed by atoms with Crippen LogP contribution in [0.15, 0.2) is 66.4 Å². The molecule has 3 heterocycles. The minimum absolute atomic E-state index is 0.324. The van der Waals surface area contributed by atoms with Crippen molar-refractivity contribution in [2.45, 2.75) is 45.1 Å². The molecular weight excluding hydrogens is 425 g/mol. The van der Waals surface area contributed by atoms with Crippen LogP contribution in [0.2, 0.25) is 0 Å². The van der Waals surface area contributed by atoms with E-state index in [-0.39, 0.29) is 5.82 Å². The molecule has 1 aliphatic carbocycles. The van der Waals surface area contributed by atoms with Crippen LogP contribution in [0.3, 0.4) is 0 Å². The van der Waals surface area contributed by atoms with Gasteiger partial charge in [0.25, 0.3) is 0 Å². The van der Waals surface area contributed by atoms with Crippen molar-refractivity contribution in [3.8, 4) is 11.8 Å². The van der Waals surface area contributed by atoms with Gasteiger partial charge in [0, 0.05) is 41.3 Å². The van der Waals surface area contributed by atoms with E-state index in [1.54, 1.807) is 13.0 Å². The Morgan fingerprint density at radius 3 is 2.79 bits per heavy atom. The van der Waals surface area contributed by atoms with E-state index < -0.39 is 0 Å². The fraction of sp³-hybridized carbons (Fsp3) is 0.241. The summed E-state index contributed by atoms with van der Waals surface area (Å²) in [6.07, 6.45) is 6.52. The zero-order valence-electron chi connectivity index (χ0n) is 19.0. The molecule has 2 aromatic carbocycles. The third kappa shape index (κ3) is 3.38. The molecule has 0 amide bonds. The third-order valence-electron chi connectivity index (χ3n) is 7.10. The Balaban J connectivity index is 1.44. The summed E-state index contributed by atoms with van der Waals surface area (Å²) in [6, 6.07) is 19.3. The smallest absolute Gasteiger partial charge is 0.137 e. The molecule has 0 radical (unpaired) electrons. The van der Waals surface area contributed by atoms with Gasteiger partial charge >= 0.3 is 0 Å². The standard InChI is InChI=1S/C29H24FN3O/c1-18(16-31)28-23-10-8-19(13-21(23)17-34-26-15-22(30)9-11-24(26)28)14-25-29(20-5-4-6-20)32-27-7-2-3-12-33(25)27/h2-3,7-13,15,20H,4-6,14,17H2,1H3/b28-18+. The van der Waals surface area contributed by atoms with Crippen molar-refractivity contribution >= 4 is 11.2 Å². The molecule has 34 heavy (non-hydrogen) atoms. The molecule has 0 bridgehead atoms. The van der Waals surface area contributed by atoms with Gasteiger partial charge in [-0.25, -0.2) is 9.37 Å². The Bertz CT molecular complexity index is 1500. The van der Waals surface area contributed by atoms with Crippen LogP contribution in [0.1, 0.15) is 65.7 Å². The molecule has 4 aromatic rings. The molecule has 1 saturated carbocycles. The number of halogens is 1. The van der Waals surface area contributed by atoms with Crippen molar-refractivity contribution in [1.82, 2.24) is 9.38 Å². The first kappa shape index (κ1) is 20.7. The fourth-order valence-corrected chi connectivity index (χ4v) is 5.15. The van der Waals surface area contributed by atoms with Gasteiger partial charge in [-0.2, -0.15) is 5.26 Å². The van der Waals surface area contributed by atoms with E-state index in [4.69, 9.17) is 9.72 Å². The average Bonchev–Trinajstić information content (AvgIpc) is 3.07. The van der Waals surface area contributed by atoms with E-state index >= 15 is 0 Å². The van der Waals surface area contributed by atoms with Crippen molar-refractivity contribution in [2.24, 2.45) is 0 Å². The summed E-state index contributed by atoms with van der Waals surface area (Å²) in [5, 5.41) is 9.69. The summed E-state index contributed by atoms with van der Waals surface area (Å²) >= 11 is 0. The highest BCUT2D eigenvalue weighted by molar-refractivity contribution is 5.88. The van der Waals surface area contributed by atoms with Crippen LogP contribution < -0.4 is 4.74 Å². The van der Waals surface area contributed by atoms with Crippen molar-refractivity contribution in [2.75, 3.05) is 0 Å².